The van der Waals surface area contributed by atoms with Crippen molar-refractivity contribution in [3.8, 4) is 11.5 Å². The number of rotatable bonds is 4. The monoisotopic (exact) mass is 311 g/mol. The van der Waals surface area contributed by atoms with Crippen molar-refractivity contribution < 1.29 is 9.63 Å². The van der Waals surface area contributed by atoms with E-state index in [2.05, 4.69) is 31.1 Å². The number of aromatic nitrogens is 3. The van der Waals surface area contributed by atoms with Crippen molar-refractivity contribution in [3.63, 3.8) is 0 Å². The van der Waals surface area contributed by atoms with Gasteiger partial charge in [-0.15, -0.1) is 0 Å². The van der Waals surface area contributed by atoms with Gasteiger partial charge < -0.3 is 9.63 Å². The Morgan fingerprint density at radius 1 is 1.44 bits per heavy atom. The van der Waals surface area contributed by atoms with Gasteiger partial charge in [-0.25, -0.2) is 0 Å². The molecule has 2 atom stereocenters. The van der Waals surface area contributed by atoms with Crippen LogP contribution < -0.4 is 0 Å². The van der Waals surface area contributed by atoms with Gasteiger partial charge in [0, 0.05) is 10.7 Å². The Morgan fingerprint density at radius 3 is 2.83 bits per heavy atom. The highest BCUT2D eigenvalue weighted by Gasteiger charge is 2.21. The summed E-state index contributed by atoms with van der Waals surface area (Å²) in [5.41, 5.74) is 0.645. The van der Waals surface area contributed by atoms with E-state index in [-0.39, 0.29) is 5.92 Å². The number of hydrogen-bond acceptors (Lipinski definition) is 5. The molecule has 2 aromatic heterocycles. The molecule has 0 saturated carbocycles. The quantitative estimate of drug-likeness (QED) is 0.940. The summed E-state index contributed by atoms with van der Waals surface area (Å²) in [6.07, 6.45) is 1.85. The Labute approximate surface area is 113 Å². The number of aliphatic hydroxyl groups excluding tert-OH is 1. The van der Waals surface area contributed by atoms with Gasteiger partial charge in [-0.05, 0) is 34.5 Å². The highest BCUT2D eigenvalue weighted by Crippen LogP contribution is 2.22. The van der Waals surface area contributed by atoms with Gasteiger partial charge in [0.05, 0.1) is 12.0 Å². The minimum absolute atomic E-state index is 0.174. The van der Waals surface area contributed by atoms with Crippen LogP contribution >= 0.6 is 15.9 Å². The van der Waals surface area contributed by atoms with E-state index in [1.54, 1.807) is 12.3 Å². The average Bonchev–Trinajstić information content (AvgIpc) is 2.87. The molecule has 96 valence electrons. The summed E-state index contributed by atoms with van der Waals surface area (Å²) in [5.74, 6) is 0.698. The fraction of sp³-hybridized carbons (Fsp3) is 0.417. The summed E-state index contributed by atoms with van der Waals surface area (Å²) in [6, 6.07) is 3.67. The largest absolute Gasteiger partial charge is 0.392 e. The lowest BCUT2D eigenvalue weighted by Gasteiger charge is -2.11. The predicted molar refractivity (Wildman–Crippen MR) is 69.9 cm³/mol. The van der Waals surface area contributed by atoms with Crippen molar-refractivity contribution in [1.29, 1.82) is 0 Å². The average molecular weight is 312 g/mol. The number of halogens is 1. The molecule has 0 amide bonds. The summed E-state index contributed by atoms with van der Waals surface area (Å²) in [7, 11) is 0. The zero-order valence-corrected chi connectivity index (χ0v) is 11.8. The fourth-order valence-corrected chi connectivity index (χ4v) is 1.78. The standard InChI is InChI=1S/C12H14BrN3O2/c1-3-10(17)7(2)12-15-11(16-18-12)9-5-4-8(13)6-14-9/h4-7,10,17H,3H2,1-2H3. The van der Waals surface area contributed by atoms with Crippen LogP contribution in [0.3, 0.4) is 0 Å². The summed E-state index contributed by atoms with van der Waals surface area (Å²) in [4.78, 5) is 8.46. The van der Waals surface area contributed by atoms with Gasteiger partial charge in [0.15, 0.2) is 0 Å². The number of aliphatic hydroxyl groups is 1. The van der Waals surface area contributed by atoms with E-state index in [4.69, 9.17) is 4.52 Å². The van der Waals surface area contributed by atoms with Gasteiger partial charge >= 0.3 is 0 Å². The topological polar surface area (TPSA) is 72.0 Å². The maximum atomic E-state index is 9.75. The Balaban J connectivity index is 2.22. The second-order valence-electron chi connectivity index (χ2n) is 4.08. The van der Waals surface area contributed by atoms with Crippen molar-refractivity contribution in [1.82, 2.24) is 15.1 Å². The van der Waals surface area contributed by atoms with Crippen LogP contribution in [0.15, 0.2) is 27.3 Å². The molecule has 0 fully saturated rings. The van der Waals surface area contributed by atoms with Crippen molar-refractivity contribution in [3.05, 3.63) is 28.7 Å². The molecule has 0 spiro atoms. The second kappa shape index (κ2) is 5.58. The minimum Gasteiger partial charge on any atom is -0.392 e. The Bertz CT molecular complexity index is 512. The molecule has 0 radical (unpaired) electrons. The summed E-state index contributed by atoms with van der Waals surface area (Å²) >= 11 is 3.32. The van der Waals surface area contributed by atoms with Gasteiger partial charge in [-0.2, -0.15) is 4.98 Å². The first kappa shape index (κ1) is 13.2. The molecular weight excluding hydrogens is 298 g/mol. The smallest absolute Gasteiger partial charge is 0.232 e. The van der Waals surface area contributed by atoms with Crippen molar-refractivity contribution in [2.75, 3.05) is 0 Å². The third kappa shape index (κ3) is 2.76. The lowest BCUT2D eigenvalue weighted by Crippen LogP contribution is -2.14. The van der Waals surface area contributed by atoms with Gasteiger partial charge in [-0.3, -0.25) is 4.98 Å². The van der Waals surface area contributed by atoms with Crippen LogP contribution in [-0.2, 0) is 0 Å². The first-order valence-corrected chi connectivity index (χ1v) is 6.54. The predicted octanol–water partition coefficient (Wildman–Crippen LogP) is 2.77. The second-order valence-corrected chi connectivity index (χ2v) is 5.00. The van der Waals surface area contributed by atoms with Crippen LogP contribution in [0.2, 0.25) is 0 Å². The molecule has 0 saturated heterocycles. The normalized spacial score (nSPS) is 14.4. The Kier molecular flexibility index (Phi) is 4.08. The highest BCUT2D eigenvalue weighted by atomic mass is 79.9. The Hall–Kier alpha value is -1.27. The molecule has 0 aliphatic rings. The maximum Gasteiger partial charge on any atom is 0.232 e. The molecule has 2 rings (SSSR count). The van der Waals surface area contributed by atoms with E-state index in [0.717, 1.165) is 4.47 Å². The molecule has 18 heavy (non-hydrogen) atoms. The van der Waals surface area contributed by atoms with Gasteiger partial charge in [0.2, 0.25) is 11.7 Å². The molecule has 1 N–H and O–H groups in total. The van der Waals surface area contributed by atoms with Gasteiger partial charge in [0.25, 0.3) is 0 Å². The third-order valence-corrected chi connectivity index (χ3v) is 3.25. The first-order chi connectivity index (χ1) is 8.61. The van der Waals surface area contributed by atoms with Crippen LogP contribution in [0.4, 0.5) is 0 Å². The number of pyridine rings is 1. The lowest BCUT2D eigenvalue weighted by molar-refractivity contribution is 0.129. The molecule has 2 heterocycles. The van der Waals surface area contributed by atoms with E-state index in [9.17, 15) is 5.11 Å². The van der Waals surface area contributed by atoms with Crippen LogP contribution in [0.5, 0.6) is 0 Å². The zero-order chi connectivity index (χ0) is 13.1. The molecule has 2 unspecified atom stereocenters. The molecule has 0 aromatic carbocycles. The van der Waals surface area contributed by atoms with E-state index in [0.29, 0.717) is 23.8 Å². The first-order valence-electron chi connectivity index (χ1n) is 5.75. The summed E-state index contributed by atoms with van der Waals surface area (Å²) in [5, 5.41) is 13.6. The van der Waals surface area contributed by atoms with Crippen molar-refractivity contribution >= 4 is 15.9 Å². The number of hydrogen-bond donors (Lipinski definition) is 1. The van der Waals surface area contributed by atoms with E-state index < -0.39 is 6.10 Å². The van der Waals surface area contributed by atoms with Crippen LogP contribution in [-0.4, -0.2) is 26.3 Å². The highest BCUT2D eigenvalue weighted by molar-refractivity contribution is 9.10. The number of nitrogens with zero attached hydrogens (tertiary/aromatic N) is 3. The van der Waals surface area contributed by atoms with Crippen molar-refractivity contribution in [2.24, 2.45) is 0 Å². The molecule has 2 aromatic rings. The lowest BCUT2D eigenvalue weighted by atomic mass is 10.0. The summed E-state index contributed by atoms with van der Waals surface area (Å²) < 4.78 is 6.05. The van der Waals surface area contributed by atoms with Crippen LogP contribution in [0.25, 0.3) is 11.5 Å². The van der Waals surface area contributed by atoms with E-state index in [1.807, 2.05) is 19.9 Å². The molecular formula is C12H14BrN3O2. The van der Waals surface area contributed by atoms with Crippen molar-refractivity contribution in [2.45, 2.75) is 32.3 Å². The molecule has 0 bridgehead atoms. The summed E-state index contributed by atoms with van der Waals surface area (Å²) in [6.45, 7) is 3.77. The Morgan fingerprint density at radius 2 is 2.22 bits per heavy atom. The maximum absolute atomic E-state index is 9.75. The molecule has 6 heteroatoms. The fourth-order valence-electron chi connectivity index (χ4n) is 1.55. The molecule has 0 aliphatic heterocycles. The van der Waals surface area contributed by atoms with E-state index >= 15 is 0 Å². The van der Waals surface area contributed by atoms with E-state index in [1.165, 1.54) is 0 Å². The zero-order valence-electron chi connectivity index (χ0n) is 10.2. The van der Waals surface area contributed by atoms with Crippen LogP contribution in [0.1, 0.15) is 32.1 Å². The molecule has 0 aliphatic carbocycles. The van der Waals surface area contributed by atoms with Crippen LogP contribution in [0, 0.1) is 0 Å². The van der Waals surface area contributed by atoms with Gasteiger partial charge in [0.1, 0.15) is 5.69 Å². The third-order valence-electron chi connectivity index (χ3n) is 2.78. The minimum atomic E-state index is -0.476. The van der Waals surface area contributed by atoms with Gasteiger partial charge in [-0.1, -0.05) is 19.0 Å². The molecule has 5 nitrogen and oxygen atoms in total. The SMILES string of the molecule is CCC(O)C(C)c1nc(-c2ccc(Br)cn2)no1.